The molecule has 0 aromatic carbocycles. The Kier molecular flexibility index (Phi) is 5.42. The molecule has 4 N–H and O–H groups in total. The van der Waals surface area contributed by atoms with Gasteiger partial charge in [-0.25, -0.2) is 4.98 Å². The molecule has 1 saturated heterocycles. The van der Waals surface area contributed by atoms with Crippen molar-refractivity contribution < 1.29 is 37.8 Å². The Morgan fingerprint density at radius 3 is 2.48 bits per heavy atom. The predicted molar refractivity (Wildman–Crippen MR) is 91.1 cm³/mol. The number of pyridine rings is 2. The summed E-state index contributed by atoms with van der Waals surface area (Å²) in [5.41, 5.74) is -0.574. The van der Waals surface area contributed by atoms with Crippen LogP contribution in [0.2, 0.25) is 0 Å². The van der Waals surface area contributed by atoms with Gasteiger partial charge in [-0.3, -0.25) is 9.54 Å². The molecule has 3 rings (SSSR count). The number of ether oxygens (including phenoxy) is 2. The molecular weight excluding hydrogens is 380 g/mol. The number of rotatable bonds is 4. The maximum atomic E-state index is 11.4. The van der Waals surface area contributed by atoms with E-state index >= 15 is 0 Å². The summed E-state index contributed by atoms with van der Waals surface area (Å²) in [6, 6.07) is 6.56. The average molecular weight is 398 g/mol. The molecule has 1 aliphatic rings. The smallest absolute Gasteiger partial charge is 0.295 e. The highest BCUT2D eigenvalue weighted by Crippen LogP contribution is 2.32. The van der Waals surface area contributed by atoms with Crippen LogP contribution in [-0.4, -0.2) is 68.3 Å². The van der Waals surface area contributed by atoms with Crippen molar-refractivity contribution in [2.24, 2.45) is 0 Å². The number of aliphatic hydroxyl groups excluding tert-OH is 3. The van der Waals surface area contributed by atoms with E-state index in [9.17, 15) is 28.3 Å². The summed E-state index contributed by atoms with van der Waals surface area (Å²) in [4.78, 5) is 8.35. The molecule has 0 spiro atoms. The van der Waals surface area contributed by atoms with Gasteiger partial charge in [-0.15, -0.1) is 0 Å². The largest absolute Gasteiger partial charge is 0.460 e. The molecular formula is C16H18N2O8S. The van der Waals surface area contributed by atoms with Crippen LogP contribution in [0.15, 0.2) is 36.7 Å². The maximum Gasteiger partial charge on any atom is 0.295 e. The van der Waals surface area contributed by atoms with Crippen LogP contribution in [0.3, 0.4) is 0 Å². The molecule has 146 valence electrons. The van der Waals surface area contributed by atoms with E-state index in [2.05, 4.69) is 9.97 Å². The minimum Gasteiger partial charge on any atom is -0.460 e. The molecule has 0 aliphatic carbocycles. The van der Waals surface area contributed by atoms with E-state index in [-0.39, 0.29) is 5.75 Å². The van der Waals surface area contributed by atoms with E-state index in [0.717, 1.165) is 0 Å². The van der Waals surface area contributed by atoms with E-state index in [1.54, 1.807) is 31.3 Å². The lowest BCUT2D eigenvalue weighted by Crippen LogP contribution is -2.61. The van der Waals surface area contributed by atoms with Crippen molar-refractivity contribution in [2.75, 3.05) is 0 Å². The SMILES string of the molecule is Cc1ccc(O[C@@H]2OC(S(=O)(=O)O)[C@@H](O)[C@H](O)[C@H]2O)c(-c2cccnc2)n1. The zero-order valence-electron chi connectivity index (χ0n) is 14.1. The first kappa shape index (κ1) is 19.6. The van der Waals surface area contributed by atoms with Gasteiger partial charge in [0.25, 0.3) is 10.1 Å². The summed E-state index contributed by atoms with van der Waals surface area (Å²) in [6.07, 6.45) is -4.33. The van der Waals surface area contributed by atoms with E-state index in [1.165, 1.54) is 12.3 Å². The maximum absolute atomic E-state index is 11.4. The Balaban J connectivity index is 1.95. The lowest BCUT2D eigenvalue weighted by Gasteiger charge is -2.38. The second kappa shape index (κ2) is 7.46. The Bertz CT molecular complexity index is 908. The summed E-state index contributed by atoms with van der Waals surface area (Å²) in [6.45, 7) is 1.75. The molecule has 11 heteroatoms. The topological polar surface area (TPSA) is 159 Å². The lowest BCUT2D eigenvalue weighted by molar-refractivity contribution is -0.254. The van der Waals surface area contributed by atoms with Gasteiger partial charge in [0.2, 0.25) is 11.7 Å². The van der Waals surface area contributed by atoms with E-state index in [1.807, 2.05) is 0 Å². The number of aliphatic hydroxyl groups is 3. The van der Waals surface area contributed by atoms with Crippen molar-refractivity contribution in [2.45, 2.75) is 37.0 Å². The molecule has 1 fully saturated rings. The van der Waals surface area contributed by atoms with Gasteiger partial charge >= 0.3 is 0 Å². The third kappa shape index (κ3) is 4.08. The number of aromatic nitrogens is 2. The Hall–Kier alpha value is -2.15. The van der Waals surface area contributed by atoms with Crippen molar-refractivity contribution in [3.8, 4) is 17.0 Å². The van der Waals surface area contributed by atoms with Crippen molar-refractivity contribution in [1.29, 1.82) is 0 Å². The summed E-state index contributed by atoms with van der Waals surface area (Å²) in [5.74, 6) is 0.121. The second-order valence-electron chi connectivity index (χ2n) is 6.02. The van der Waals surface area contributed by atoms with Crippen molar-refractivity contribution in [3.05, 3.63) is 42.4 Å². The van der Waals surface area contributed by atoms with Crippen LogP contribution in [-0.2, 0) is 14.9 Å². The van der Waals surface area contributed by atoms with E-state index in [4.69, 9.17) is 9.47 Å². The van der Waals surface area contributed by atoms with Crippen molar-refractivity contribution in [3.63, 3.8) is 0 Å². The van der Waals surface area contributed by atoms with Crippen LogP contribution in [0.4, 0.5) is 0 Å². The highest BCUT2D eigenvalue weighted by molar-refractivity contribution is 7.86. The fraction of sp³-hybridized carbons (Fsp3) is 0.375. The first-order valence-corrected chi connectivity index (χ1v) is 9.39. The molecule has 3 heterocycles. The third-order valence-electron chi connectivity index (χ3n) is 3.99. The van der Waals surface area contributed by atoms with Gasteiger partial charge in [0, 0.05) is 23.7 Å². The standard InChI is InChI=1S/C16H18N2O8S/c1-8-4-5-10(11(18-8)9-3-2-6-17-7-9)25-15-13(20)12(19)14(21)16(26-15)27(22,23)24/h2-7,12-16,19-21H,1H3,(H,22,23,24)/t12-,13-,14+,15-,16?/m1/s1. The predicted octanol–water partition coefficient (Wildman–Crippen LogP) is -0.516. The van der Waals surface area contributed by atoms with Gasteiger partial charge in [-0.1, -0.05) is 0 Å². The molecule has 1 unspecified atom stereocenters. The van der Waals surface area contributed by atoms with Crippen LogP contribution in [0, 0.1) is 6.92 Å². The molecule has 0 amide bonds. The summed E-state index contributed by atoms with van der Waals surface area (Å²) in [5, 5.41) is 29.7. The van der Waals surface area contributed by atoms with Crippen LogP contribution in [0.1, 0.15) is 5.69 Å². The highest BCUT2D eigenvalue weighted by Gasteiger charge is 2.50. The van der Waals surface area contributed by atoms with Gasteiger partial charge in [0.05, 0.1) is 0 Å². The molecule has 2 aromatic heterocycles. The minimum absolute atomic E-state index is 0.121. The first-order valence-electron chi connectivity index (χ1n) is 7.89. The summed E-state index contributed by atoms with van der Waals surface area (Å²) < 4.78 is 42.5. The molecule has 2 aromatic rings. The van der Waals surface area contributed by atoms with Crippen LogP contribution >= 0.6 is 0 Å². The third-order valence-corrected chi connectivity index (χ3v) is 4.97. The Morgan fingerprint density at radius 2 is 1.85 bits per heavy atom. The normalized spacial score (nSPS) is 28.7. The van der Waals surface area contributed by atoms with E-state index in [0.29, 0.717) is 17.0 Å². The van der Waals surface area contributed by atoms with Crippen LogP contribution < -0.4 is 4.74 Å². The van der Waals surface area contributed by atoms with Crippen LogP contribution in [0.25, 0.3) is 11.3 Å². The zero-order chi connectivity index (χ0) is 19.8. The Labute approximate surface area is 154 Å². The van der Waals surface area contributed by atoms with Gasteiger partial charge < -0.3 is 24.8 Å². The first-order chi connectivity index (χ1) is 12.7. The number of hydrogen-bond donors (Lipinski definition) is 4. The van der Waals surface area contributed by atoms with Crippen LogP contribution in [0.5, 0.6) is 5.75 Å². The fourth-order valence-electron chi connectivity index (χ4n) is 2.63. The molecule has 27 heavy (non-hydrogen) atoms. The number of hydrogen-bond acceptors (Lipinski definition) is 9. The monoisotopic (exact) mass is 398 g/mol. The molecule has 0 bridgehead atoms. The van der Waals surface area contributed by atoms with Gasteiger partial charge in [0.15, 0.2) is 0 Å². The summed E-state index contributed by atoms with van der Waals surface area (Å²) >= 11 is 0. The summed E-state index contributed by atoms with van der Waals surface area (Å²) in [7, 11) is -4.87. The van der Waals surface area contributed by atoms with E-state index < -0.39 is 40.2 Å². The molecule has 10 nitrogen and oxygen atoms in total. The zero-order valence-corrected chi connectivity index (χ0v) is 14.9. The minimum atomic E-state index is -4.87. The molecule has 5 atom stereocenters. The van der Waals surface area contributed by atoms with Crippen molar-refractivity contribution in [1.82, 2.24) is 9.97 Å². The molecule has 0 radical (unpaired) electrons. The quantitative estimate of drug-likeness (QED) is 0.494. The number of aryl methyl sites for hydroxylation is 1. The second-order valence-corrected chi connectivity index (χ2v) is 7.51. The fourth-order valence-corrected chi connectivity index (χ4v) is 3.40. The van der Waals surface area contributed by atoms with Crippen molar-refractivity contribution >= 4 is 10.1 Å². The lowest BCUT2D eigenvalue weighted by atomic mass is 10.1. The molecule has 0 saturated carbocycles. The van der Waals surface area contributed by atoms with Gasteiger partial charge in [-0.05, 0) is 31.2 Å². The highest BCUT2D eigenvalue weighted by atomic mass is 32.2. The Morgan fingerprint density at radius 1 is 1.11 bits per heavy atom. The van der Waals surface area contributed by atoms with Gasteiger partial charge in [0.1, 0.15) is 29.8 Å². The average Bonchev–Trinajstić information content (AvgIpc) is 2.63. The van der Waals surface area contributed by atoms with Gasteiger partial charge in [-0.2, -0.15) is 8.42 Å². The number of nitrogens with zero attached hydrogens (tertiary/aromatic N) is 2. The molecule has 1 aliphatic heterocycles.